The van der Waals surface area contributed by atoms with E-state index in [0.717, 1.165) is 36.4 Å². The van der Waals surface area contributed by atoms with E-state index in [1.54, 1.807) is 6.08 Å². The van der Waals surface area contributed by atoms with Crippen molar-refractivity contribution in [1.29, 1.82) is 5.26 Å². The van der Waals surface area contributed by atoms with E-state index in [9.17, 15) is 10.1 Å². The first-order chi connectivity index (χ1) is 15.3. The van der Waals surface area contributed by atoms with Crippen LogP contribution in [-0.2, 0) is 22.6 Å². The molecule has 2 N–H and O–H groups in total. The van der Waals surface area contributed by atoms with Gasteiger partial charge in [-0.05, 0) is 43.2 Å². The highest BCUT2D eigenvalue weighted by molar-refractivity contribution is 5.97. The van der Waals surface area contributed by atoms with Crippen LogP contribution in [0.3, 0.4) is 0 Å². The fraction of sp³-hybridized carbons (Fsp3) is 0.385. The van der Waals surface area contributed by atoms with Crippen molar-refractivity contribution in [3.63, 3.8) is 0 Å². The summed E-state index contributed by atoms with van der Waals surface area (Å²) in [6.07, 6.45) is 1.58. The lowest BCUT2D eigenvalue weighted by Crippen LogP contribution is -2.41. The van der Waals surface area contributed by atoms with Crippen molar-refractivity contribution in [2.24, 2.45) is 5.73 Å². The van der Waals surface area contributed by atoms with Crippen LogP contribution in [0.1, 0.15) is 30.5 Å². The number of anilines is 1. The second kappa shape index (κ2) is 12.0. The number of likely N-dealkylation sites (N-methyl/N-ethyl adjacent to an activating group) is 1. The summed E-state index contributed by atoms with van der Waals surface area (Å²) in [5.41, 5.74) is 9.87. The summed E-state index contributed by atoms with van der Waals surface area (Å²) in [5, 5.41) is 9.43. The van der Waals surface area contributed by atoms with Crippen LogP contribution in [0.2, 0.25) is 0 Å². The van der Waals surface area contributed by atoms with Gasteiger partial charge in [-0.15, -0.1) is 0 Å². The maximum Gasteiger partial charge on any atom is 0.349 e. The quantitative estimate of drug-likeness (QED) is 0.252. The molecule has 6 nitrogen and oxygen atoms in total. The number of nitriles is 1. The first kappa shape index (κ1) is 25.1. The van der Waals surface area contributed by atoms with E-state index in [0.29, 0.717) is 17.6 Å². The monoisotopic (exact) mass is 435 g/mol. The summed E-state index contributed by atoms with van der Waals surface area (Å²) in [7, 11) is 4.17. The van der Waals surface area contributed by atoms with E-state index in [4.69, 9.17) is 10.5 Å². The molecule has 0 aliphatic carbocycles. The van der Waals surface area contributed by atoms with Crippen molar-refractivity contribution in [3.05, 3.63) is 70.8 Å². The van der Waals surface area contributed by atoms with Crippen LogP contribution in [-0.4, -0.2) is 50.8 Å². The zero-order valence-electron chi connectivity index (χ0n) is 19.7. The fourth-order valence-corrected chi connectivity index (χ4v) is 3.49. The average molecular weight is 436 g/mol. The number of benzene rings is 2. The molecule has 0 amide bonds. The summed E-state index contributed by atoms with van der Waals surface area (Å²) in [6.45, 7) is 8.29. The zero-order valence-corrected chi connectivity index (χ0v) is 19.7. The van der Waals surface area contributed by atoms with Crippen molar-refractivity contribution in [1.82, 2.24) is 0 Å². The minimum Gasteiger partial charge on any atom is -0.456 e. The summed E-state index contributed by atoms with van der Waals surface area (Å²) < 4.78 is 6.06. The molecule has 0 aliphatic rings. The SMILES string of the molecule is CCN(CC)c1ccc(/C=C(\C#N)C(=O)OCC[N+](C)(C)Cc2ccc(CN)cc2)cc1. The molecular formula is C26H35N4O2+. The second-order valence-corrected chi connectivity index (χ2v) is 8.41. The van der Waals surface area contributed by atoms with Gasteiger partial charge < -0.3 is 19.9 Å². The molecule has 0 spiro atoms. The maximum atomic E-state index is 12.4. The topological polar surface area (TPSA) is 79.3 Å². The summed E-state index contributed by atoms with van der Waals surface area (Å²) in [4.78, 5) is 14.7. The molecule has 0 radical (unpaired) electrons. The minimum absolute atomic E-state index is 0.00303. The van der Waals surface area contributed by atoms with Crippen molar-refractivity contribution in [2.45, 2.75) is 26.9 Å². The Morgan fingerprint density at radius 3 is 2.19 bits per heavy atom. The van der Waals surface area contributed by atoms with Crippen molar-refractivity contribution in [2.75, 3.05) is 45.2 Å². The van der Waals surface area contributed by atoms with Crippen LogP contribution < -0.4 is 10.6 Å². The number of hydrogen-bond acceptors (Lipinski definition) is 5. The molecule has 0 unspecified atom stereocenters. The summed E-state index contributed by atoms with van der Waals surface area (Å²) in [5.74, 6) is -0.590. The lowest BCUT2D eigenvalue weighted by molar-refractivity contribution is -0.903. The highest BCUT2D eigenvalue weighted by Gasteiger charge is 2.18. The molecule has 32 heavy (non-hydrogen) atoms. The number of ether oxygens (including phenoxy) is 1. The third-order valence-electron chi connectivity index (χ3n) is 5.47. The van der Waals surface area contributed by atoms with Crippen LogP contribution in [0, 0.1) is 11.3 Å². The number of nitrogens with two attached hydrogens (primary N) is 1. The first-order valence-corrected chi connectivity index (χ1v) is 11.1. The lowest BCUT2D eigenvalue weighted by atomic mass is 10.1. The number of rotatable bonds is 11. The Labute approximate surface area is 192 Å². The Bertz CT molecular complexity index is 937. The number of carbonyl (C=O) groups is 1. The maximum absolute atomic E-state index is 12.4. The molecule has 2 aromatic rings. The van der Waals surface area contributed by atoms with E-state index in [-0.39, 0.29) is 12.2 Å². The first-order valence-electron chi connectivity index (χ1n) is 11.1. The van der Waals surface area contributed by atoms with E-state index in [1.165, 1.54) is 5.56 Å². The van der Waals surface area contributed by atoms with Crippen LogP contribution in [0.4, 0.5) is 5.69 Å². The van der Waals surface area contributed by atoms with Crippen molar-refractivity contribution in [3.8, 4) is 6.07 Å². The van der Waals surface area contributed by atoms with E-state index in [2.05, 4.69) is 45.0 Å². The smallest absolute Gasteiger partial charge is 0.349 e. The molecule has 0 fully saturated rings. The van der Waals surface area contributed by atoms with E-state index in [1.807, 2.05) is 42.5 Å². The number of quaternary nitrogens is 1. The molecule has 0 aromatic heterocycles. The van der Waals surface area contributed by atoms with Gasteiger partial charge in [-0.2, -0.15) is 5.26 Å². The summed E-state index contributed by atoms with van der Waals surface area (Å²) in [6, 6.07) is 18.0. The molecule has 0 atom stereocenters. The summed E-state index contributed by atoms with van der Waals surface area (Å²) >= 11 is 0. The normalized spacial score (nSPS) is 11.7. The Kier molecular flexibility index (Phi) is 9.45. The Morgan fingerprint density at radius 1 is 1.06 bits per heavy atom. The van der Waals surface area contributed by atoms with Crippen LogP contribution in [0.25, 0.3) is 6.08 Å². The second-order valence-electron chi connectivity index (χ2n) is 8.41. The number of nitrogens with zero attached hydrogens (tertiary/aromatic N) is 3. The van der Waals surface area contributed by atoms with Gasteiger partial charge in [0.25, 0.3) is 0 Å². The van der Waals surface area contributed by atoms with Crippen LogP contribution in [0.15, 0.2) is 54.1 Å². The lowest BCUT2D eigenvalue weighted by Gasteiger charge is -2.29. The molecule has 2 aromatic carbocycles. The number of hydrogen-bond donors (Lipinski definition) is 1. The highest BCUT2D eigenvalue weighted by Crippen LogP contribution is 2.17. The highest BCUT2D eigenvalue weighted by atomic mass is 16.5. The van der Waals surface area contributed by atoms with Gasteiger partial charge in [-0.25, -0.2) is 4.79 Å². The molecule has 0 saturated carbocycles. The van der Waals surface area contributed by atoms with Crippen LogP contribution in [0.5, 0.6) is 0 Å². The van der Waals surface area contributed by atoms with Gasteiger partial charge in [0.1, 0.15) is 31.3 Å². The van der Waals surface area contributed by atoms with Gasteiger partial charge in [0.05, 0.1) is 14.1 Å². The predicted molar refractivity (Wildman–Crippen MR) is 130 cm³/mol. The zero-order chi connectivity index (χ0) is 23.6. The third-order valence-corrected chi connectivity index (χ3v) is 5.47. The molecule has 0 saturated heterocycles. The van der Waals surface area contributed by atoms with Gasteiger partial charge in [0.15, 0.2) is 0 Å². The van der Waals surface area contributed by atoms with Gasteiger partial charge in [0, 0.05) is 30.9 Å². The van der Waals surface area contributed by atoms with Gasteiger partial charge in [0.2, 0.25) is 0 Å². The number of carbonyl (C=O) groups excluding carboxylic acids is 1. The molecule has 170 valence electrons. The van der Waals surface area contributed by atoms with Gasteiger partial charge in [-0.3, -0.25) is 0 Å². The fourth-order valence-electron chi connectivity index (χ4n) is 3.49. The third kappa shape index (κ3) is 7.52. The molecule has 0 aliphatic heterocycles. The Hall–Kier alpha value is -3.14. The predicted octanol–water partition coefficient (Wildman–Crippen LogP) is 3.72. The van der Waals surface area contributed by atoms with Crippen LogP contribution >= 0.6 is 0 Å². The average Bonchev–Trinajstić information content (AvgIpc) is 2.79. The minimum atomic E-state index is -0.590. The molecular weight excluding hydrogens is 400 g/mol. The molecule has 2 rings (SSSR count). The molecule has 0 heterocycles. The van der Waals surface area contributed by atoms with E-state index < -0.39 is 5.97 Å². The largest absolute Gasteiger partial charge is 0.456 e. The van der Waals surface area contributed by atoms with Crippen molar-refractivity contribution < 1.29 is 14.0 Å². The number of esters is 1. The Balaban J connectivity index is 1.92. The Morgan fingerprint density at radius 2 is 1.66 bits per heavy atom. The molecule has 6 heteroatoms. The molecule has 0 bridgehead atoms. The van der Waals surface area contributed by atoms with Gasteiger partial charge >= 0.3 is 5.97 Å². The standard InChI is InChI=1S/C26H35N4O2/c1-5-29(6-2)25-13-11-21(12-14-25)17-24(19-28)26(31)32-16-15-30(3,4)20-23-9-7-22(18-27)8-10-23/h7-14,17H,5-6,15-16,18,20,27H2,1-4H3/q+1/b24-17+. The van der Waals surface area contributed by atoms with Crippen molar-refractivity contribution >= 4 is 17.7 Å². The van der Waals surface area contributed by atoms with E-state index >= 15 is 0 Å². The van der Waals surface area contributed by atoms with Gasteiger partial charge in [-0.1, -0.05) is 36.4 Å².